The van der Waals surface area contributed by atoms with Gasteiger partial charge in [-0.2, -0.15) is 0 Å². The van der Waals surface area contributed by atoms with E-state index in [-0.39, 0.29) is 5.41 Å². The van der Waals surface area contributed by atoms with Crippen molar-refractivity contribution in [2.75, 3.05) is 0 Å². The third-order valence-corrected chi connectivity index (χ3v) is 10.0. The molecule has 9 rings (SSSR count). The first-order valence-electron chi connectivity index (χ1n) is 15.9. The molecule has 2 aliphatic rings. The van der Waals surface area contributed by atoms with E-state index in [1.54, 1.807) is 0 Å². The van der Waals surface area contributed by atoms with Gasteiger partial charge in [0.2, 0.25) is 0 Å². The summed E-state index contributed by atoms with van der Waals surface area (Å²) in [5.74, 6) is 2.01. The molecule has 46 heavy (non-hydrogen) atoms. The summed E-state index contributed by atoms with van der Waals surface area (Å²) >= 11 is 0. The fraction of sp³-hybridized carbons (Fsp3) is 0.0930. The van der Waals surface area contributed by atoms with Crippen LogP contribution >= 0.6 is 0 Å². The van der Waals surface area contributed by atoms with E-state index >= 15 is 0 Å². The first kappa shape index (κ1) is 26.7. The van der Waals surface area contributed by atoms with Gasteiger partial charge in [0.15, 0.2) is 17.5 Å². The number of nitrogens with zero attached hydrogens (tertiary/aromatic N) is 3. The molecule has 3 nitrogen and oxygen atoms in total. The average molecular weight is 590 g/mol. The molecule has 0 saturated carbocycles. The summed E-state index contributed by atoms with van der Waals surface area (Å²) in [4.78, 5) is 15.1. The number of rotatable bonds is 3. The Balaban J connectivity index is 1.33. The van der Waals surface area contributed by atoms with Gasteiger partial charge in [-0.1, -0.05) is 159 Å². The van der Waals surface area contributed by atoms with Crippen LogP contribution in [0.4, 0.5) is 0 Å². The molecule has 0 radical (unpaired) electrons. The van der Waals surface area contributed by atoms with E-state index < -0.39 is 5.41 Å². The number of fused-ring (bicyclic) bond motifs is 9. The minimum atomic E-state index is -0.420. The maximum absolute atomic E-state index is 5.08. The van der Waals surface area contributed by atoms with Crippen LogP contribution in [0.3, 0.4) is 0 Å². The molecule has 3 heteroatoms. The smallest absolute Gasteiger partial charge is 0.164 e. The van der Waals surface area contributed by atoms with E-state index in [1.165, 1.54) is 44.5 Å². The molecule has 0 aliphatic heterocycles. The van der Waals surface area contributed by atoms with Crippen LogP contribution in [0, 0.1) is 0 Å². The number of aromatic nitrogens is 3. The standard InChI is InChI=1S/C43H31N3/c1-42(2)35-23-13-14-24-36(35)43(33-21-11-9-19-31(33)32-20-10-12-22-34(32)43)37-26-25-30(27-38(37)42)41-45-39(28-15-5-3-6-16-28)44-40(46-41)29-17-7-4-8-18-29/h3-27H,1-2H3. The van der Waals surface area contributed by atoms with Gasteiger partial charge < -0.3 is 0 Å². The lowest BCUT2D eigenvalue weighted by Crippen LogP contribution is -2.40. The zero-order chi connectivity index (χ0) is 30.9. The van der Waals surface area contributed by atoms with E-state index in [0.717, 1.165) is 16.7 Å². The Labute approximate surface area is 269 Å². The SMILES string of the molecule is CC1(C)c2ccccc2C2(c3ccccc3-c3ccccc32)c2ccc(-c3nc(-c4ccccc4)nc(-c4ccccc4)n3)cc21. The highest BCUT2D eigenvalue weighted by Crippen LogP contribution is 2.62. The summed E-state index contributed by atoms with van der Waals surface area (Å²) in [7, 11) is 0. The summed E-state index contributed by atoms with van der Waals surface area (Å²) in [6.45, 7) is 4.71. The van der Waals surface area contributed by atoms with Crippen molar-refractivity contribution in [1.29, 1.82) is 0 Å². The molecule has 0 amide bonds. The largest absolute Gasteiger partial charge is 0.208 e. The summed E-state index contributed by atoms with van der Waals surface area (Å²) in [5, 5.41) is 0. The molecule has 0 N–H and O–H groups in total. The topological polar surface area (TPSA) is 38.7 Å². The van der Waals surface area contributed by atoms with Crippen molar-refractivity contribution in [1.82, 2.24) is 15.0 Å². The predicted octanol–water partition coefficient (Wildman–Crippen LogP) is 9.87. The Kier molecular flexibility index (Phi) is 5.76. The van der Waals surface area contributed by atoms with Crippen molar-refractivity contribution in [2.45, 2.75) is 24.7 Å². The van der Waals surface area contributed by atoms with Crippen LogP contribution in [-0.4, -0.2) is 15.0 Å². The van der Waals surface area contributed by atoms with Gasteiger partial charge in [-0.15, -0.1) is 0 Å². The van der Waals surface area contributed by atoms with Gasteiger partial charge in [0.1, 0.15) is 0 Å². The van der Waals surface area contributed by atoms with Crippen molar-refractivity contribution >= 4 is 0 Å². The lowest BCUT2D eigenvalue weighted by Gasteiger charge is -2.46. The second-order valence-electron chi connectivity index (χ2n) is 12.8. The van der Waals surface area contributed by atoms with Crippen molar-refractivity contribution < 1.29 is 0 Å². The van der Waals surface area contributed by atoms with Gasteiger partial charge in [0.05, 0.1) is 5.41 Å². The van der Waals surface area contributed by atoms with Crippen molar-refractivity contribution in [3.05, 3.63) is 185 Å². The molecule has 0 atom stereocenters. The second kappa shape index (κ2) is 9.92. The summed E-state index contributed by atoms with van der Waals surface area (Å²) in [6.07, 6.45) is 0. The van der Waals surface area contributed by atoms with Crippen LogP contribution in [0.15, 0.2) is 152 Å². The van der Waals surface area contributed by atoms with Crippen LogP contribution in [0.5, 0.6) is 0 Å². The lowest BCUT2D eigenvalue weighted by atomic mass is 9.55. The van der Waals surface area contributed by atoms with Crippen LogP contribution in [-0.2, 0) is 10.8 Å². The Hall–Kier alpha value is -5.67. The molecule has 1 heterocycles. The first-order valence-corrected chi connectivity index (χ1v) is 15.9. The number of benzene rings is 6. The molecule has 7 aromatic rings. The monoisotopic (exact) mass is 589 g/mol. The normalized spacial score (nSPS) is 14.7. The van der Waals surface area contributed by atoms with E-state index in [1.807, 2.05) is 36.4 Å². The molecule has 1 aromatic heterocycles. The van der Waals surface area contributed by atoms with Crippen LogP contribution in [0.1, 0.15) is 47.2 Å². The second-order valence-corrected chi connectivity index (χ2v) is 12.8. The highest BCUT2D eigenvalue weighted by molar-refractivity contribution is 5.88. The van der Waals surface area contributed by atoms with Gasteiger partial charge in [0.25, 0.3) is 0 Å². The third-order valence-electron chi connectivity index (χ3n) is 10.0. The number of hydrogen-bond acceptors (Lipinski definition) is 3. The minimum absolute atomic E-state index is 0.253. The fourth-order valence-electron chi connectivity index (χ4n) is 7.93. The molecule has 0 unspecified atom stereocenters. The van der Waals surface area contributed by atoms with Gasteiger partial charge in [-0.05, 0) is 50.6 Å². The van der Waals surface area contributed by atoms with Gasteiger partial charge >= 0.3 is 0 Å². The molecule has 0 saturated heterocycles. The highest BCUT2D eigenvalue weighted by atomic mass is 15.0. The molecular formula is C43H31N3. The predicted molar refractivity (Wildman–Crippen MR) is 186 cm³/mol. The van der Waals surface area contributed by atoms with E-state index in [9.17, 15) is 0 Å². The van der Waals surface area contributed by atoms with Gasteiger partial charge in [-0.3, -0.25) is 0 Å². The maximum atomic E-state index is 5.08. The third kappa shape index (κ3) is 3.69. The van der Waals surface area contributed by atoms with Gasteiger partial charge in [-0.25, -0.2) is 15.0 Å². The van der Waals surface area contributed by atoms with Crippen LogP contribution < -0.4 is 0 Å². The first-order chi connectivity index (χ1) is 22.6. The minimum Gasteiger partial charge on any atom is -0.208 e. The zero-order valence-electron chi connectivity index (χ0n) is 25.8. The lowest BCUT2D eigenvalue weighted by molar-refractivity contribution is 0.563. The fourth-order valence-corrected chi connectivity index (χ4v) is 7.93. The molecule has 0 fully saturated rings. The summed E-state index contributed by atoms with van der Waals surface area (Å²) in [6, 6.07) is 54.2. The summed E-state index contributed by atoms with van der Waals surface area (Å²) in [5.41, 5.74) is 12.8. The zero-order valence-corrected chi connectivity index (χ0v) is 25.8. The van der Waals surface area contributed by atoms with Crippen molar-refractivity contribution in [3.63, 3.8) is 0 Å². The number of hydrogen-bond donors (Lipinski definition) is 0. The van der Waals surface area contributed by atoms with E-state index in [0.29, 0.717) is 17.5 Å². The quantitative estimate of drug-likeness (QED) is 0.206. The molecule has 6 aromatic carbocycles. The van der Waals surface area contributed by atoms with Crippen molar-refractivity contribution in [2.24, 2.45) is 0 Å². The Morgan fingerprint density at radius 2 is 0.761 bits per heavy atom. The highest BCUT2D eigenvalue weighted by Gasteiger charge is 2.53. The molecule has 0 bridgehead atoms. The summed E-state index contributed by atoms with van der Waals surface area (Å²) < 4.78 is 0. The van der Waals surface area contributed by atoms with E-state index in [2.05, 4.69) is 129 Å². The Morgan fingerprint density at radius 3 is 1.30 bits per heavy atom. The van der Waals surface area contributed by atoms with Gasteiger partial charge in [0, 0.05) is 22.1 Å². The molecule has 218 valence electrons. The average Bonchev–Trinajstić information content (AvgIpc) is 3.42. The van der Waals surface area contributed by atoms with Crippen molar-refractivity contribution in [3.8, 4) is 45.3 Å². The molecule has 2 aliphatic carbocycles. The molecular weight excluding hydrogens is 558 g/mol. The maximum Gasteiger partial charge on any atom is 0.164 e. The Morgan fingerprint density at radius 1 is 0.348 bits per heavy atom. The molecule has 1 spiro atoms. The van der Waals surface area contributed by atoms with E-state index in [4.69, 9.17) is 15.0 Å². The van der Waals surface area contributed by atoms with Crippen LogP contribution in [0.25, 0.3) is 45.3 Å². The van der Waals surface area contributed by atoms with Crippen LogP contribution in [0.2, 0.25) is 0 Å². The Bertz CT molecular complexity index is 2180.